The smallest absolute Gasteiger partial charge is 0.0459 e. The highest BCUT2D eigenvalue weighted by Gasteiger charge is 2.06. The molecule has 0 aromatic heterocycles. The molecule has 0 aliphatic rings. The van der Waals surface area contributed by atoms with E-state index in [1.165, 1.54) is 109 Å². The molecule has 0 aromatic carbocycles. The van der Waals surface area contributed by atoms with Gasteiger partial charge in [0.2, 0.25) is 0 Å². The van der Waals surface area contributed by atoms with Crippen molar-refractivity contribution in [3.05, 3.63) is 0 Å². The fraction of sp³-hybridized carbons (Fsp3) is 1.00. The van der Waals surface area contributed by atoms with Gasteiger partial charge in [0, 0.05) is 13.2 Å². The average Bonchev–Trinajstić information content (AvgIpc) is 2.66. The van der Waals surface area contributed by atoms with Gasteiger partial charge in [0.15, 0.2) is 0 Å². The highest BCUT2D eigenvalue weighted by molar-refractivity contribution is 4.59. The summed E-state index contributed by atoms with van der Waals surface area (Å²) in [5.41, 5.74) is 0. The van der Waals surface area contributed by atoms with E-state index in [4.69, 9.17) is 5.11 Å². The summed E-state index contributed by atoms with van der Waals surface area (Å²) in [5.74, 6) is 0.582. The van der Waals surface area contributed by atoms with Gasteiger partial charge in [-0.1, -0.05) is 117 Å². The molecule has 0 amide bonds. The maximum Gasteiger partial charge on any atom is 0.0459 e. The molecular weight excluding hydrogens is 320 g/mol. The van der Waals surface area contributed by atoms with Gasteiger partial charge in [-0.25, -0.2) is 0 Å². The number of hydrogen-bond donors (Lipinski definition) is 2. The Morgan fingerprint density at radius 2 is 0.808 bits per heavy atom. The molecule has 0 rings (SSSR count). The minimum atomic E-state index is 0.367. The van der Waals surface area contributed by atoms with E-state index < -0.39 is 0 Å². The van der Waals surface area contributed by atoms with Crippen molar-refractivity contribution in [2.45, 2.75) is 136 Å². The maximum atomic E-state index is 9.32. The fourth-order valence-electron chi connectivity index (χ4n) is 3.29. The van der Waals surface area contributed by atoms with Crippen molar-refractivity contribution in [2.24, 2.45) is 5.92 Å². The first-order valence-corrected chi connectivity index (χ1v) is 12.0. The van der Waals surface area contributed by atoms with Crippen LogP contribution in [0.4, 0.5) is 0 Å². The van der Waals surface area contributed by atoms with Gasteiger partial charge in [-0.05, 0) is 25.2 Å². The molecule has 0 aliphatic carbocycles. The Hall–Kier alpha value is -0.0800. The van der Waals surface area contributed by atoms with E-state index in [1.54, 1.807) is 0 Å². The number of aliphatic hydroxyl groups is 2. The van der Waals surface area contributed by atoms with Crippen LogP contribution in [0.1, 0.15) is 136 Å². The lowest BCUT2D eigenvalue weighted by Crippen LogP contribution is -2.06. The number of aliphatic hydroxyl groups excluding tert-OH is 2. The highest BCUT2D eigenvalue weighted by Crippen LogP contribution is 2.18. The summed E-state index contributed by atoms with van der Waals surface area (Å²) >= 11 is 0. The molecule has 26 heavy (non-hydrogen) atoms. The molecule has 1 unspecified atom stereocenters. The van der Waals surface area contributed by atoms with E-state index in [1.807, 2.05) is 0 Å². The minimum Gasteiger partial charge on any atom is -0.396 e. The van der Waals surface area contributed by atoms with Crippen LogP contribution in [0.15, 0.2) is 0 Å². The second kappa shape index (κ2) is 27.1. The number of unbranched alkanes of at least 4 members (excludes halogenated alkanes) is 13. The molecule has 2 heteroatoms. The molecule has 0 saturated carbocycles. The lowest BCUT2D eigenvalue weighted by Gasteiger charge is -2.13. The Balaban J connectivity index is 0. The van der Waals surface area contributed by atoms with E-state index in [0.29, 0.717) is 19.1 Å². The molecular formula is C24H52O2. The SMILES string of the molecule is CCCCCCCCC(CO)CCCCCC.CCCCCCCCO. The zero-order valence-electron chi connectivity index (χ0n) is 18.6. The molecule has 0 aromatic rings. The summed E-state index contributed by atoms with van der Waals surface area (Å²) in [7, 11) is 0. The molecule has 1 atom stereocenters. The van der Waals surface area contributed by atoms with Crippen molar-refractivity contribution >= 4 is 0 Å². The van der Waals surface area contributed by atoms with Crippen LogP contribution in [-0.2, 0) is 0 Å². The summed E-state index contributed by atoms with van der Waals surface area (Å²) in [6, 6.07) is 0. The van der Waals surface area contributed by atoms with Crippen LogP contribution in [0, 0.1) is 5.92 Å². The maximum absolute atomic E-state index is 9.32. The van der Waals surface area contributed by atoms with Gasteiger partial charge in [0.1, 0.15) is 0 Å². The molecule has 0 radical (unpaired) electrons. The van der Waals surface area contributed by atoms with Crippen LogP contribution in [0.5, 0.6) is 0 Å². The predicted molar refractivity (Wildman–Crippen MR) is 118 cm³/mol. The van der Waals surface area contributed by atoms with Crippen LogP contribution in [0.3, 0.4) is 0 Å². The molecule has 160 valence electrons. The average molecular weight is 373 g/mol. The standard InChI is InChI=1S/C16H34O.C8H18O/c1-3-5-7-9-10-12-14-16(15-17)13-11-8-6-4-2;1-2-3-4-5-6-7-8-9/h16-17H,3-15H2,1-2H3;9H,2-8H2,1H3. The lowest BCUT2D eigenvalue weighted by atomic mass is 9.95. The normalized spacial score (nSPS) is 11.9. The van der Waals surface area contributed by atoms with Crippen molar-refractivity contribution < 1.29 is 10.2 Å². The van der Waals surface area contributed by atoms with Gasteiger partial charge in [-0.15, -0.1) is 0 Å². The van der Waals surface area contributed by atoms with Crippen molar-refractivity contribution in [1.82, 2.24) is 0 Å². The van der Waals surface area contributed by atoms with Gasteiger partial charge in [-0.2, -0.15) is 0 Å². The van der Waals surface area contributed by atoms with E-state index in [2.05, 4.69) is 20.8 Å². The summed E-state index contributed by atoms with van der Waals surface area (Å²) in [5, 5.41) is 17.7. The summed E-state index contributed by atoms with van der Waals surface area (Å²) in [6.07, 6.45) is 23.5. The first-order valence-electron chi connectivity index (χ1n) is 12.0. The van der Waals surface area contributed by atoms with E-state index >= 15 is 0 Å². The highest BCUT2D eigenvalue weighted by atomic mass is 16.3. The molecule has 2 nitrogen and oxygen atoms in total. The first-order chi connectivity index (χ1) is 12.8. The zero-order chi connectivity index (χ0) is 19.7. The van der Waals surface area contributed by atoms with Gasteiger partial charge in [0.05, 0.1) is 0 Å². The van der Waals surface area contributed by atoms with Gasteiger partial charge in [-0.3, -0.25) is 0 Å². The van der Waals surface area contributed by atoms with Gasteiger partial charge < -0.3 is 10.2 Å². The second-order valence-corrected chi connectivity index (χ2v) is 7.95. The monoisotopic (exact) mass is 372 g/mol. The van der Waals surface area contributed by atoms with Crippen LogP contribution < -0.4 is 0 Å². The Labute approximate surface area is 166 Å². The van der Waals surface area contributed by atoms with E-state index in [9.17, 15) is 5.11 Å². The van der Waals surface area contributed by atoms with Crippen LogP contribution in [0.25, 0.3) is 0 Å². The summed E-state index contributed by atoms with van der Waals surface area (Å²) in [4.78, 5) is 0. The Morgan fingerprint density at radius 3 is 1.19 bits per heavy atom. The lowest BCUT2D eigenvalue weighted by molar-refractivity contribution is 0.204. The molecule has 0 bridgehead atoms. The van der Waals surface area contributed by atoms with Crippen LogP contribution in [0.2, 0.25) is 0 Å². The third-order valence-corrected chi connectivity index (χ3v) is 5.20. The van der Waals surface area contributed by atoms with Crippen molar-refractivity contribution in [3.8, 4) is 0 Å². The zero-order valence-corrected chi connectivity index (χ0v) is 18.6. The summed E-state index contributed by atoms with van der Waals surface area (Å²) < 4.78 is 0. The fourth-order valence-corrected chi connectivity index (χ4v) is 3.29. The molecule has 0 saturated heterocycles. The third kappa shape index (κ3) is 26.2. The van der Waals surface area contributed by atoms with Crippen molar-refractivity contribution in [1.29, 1.82) is 0 Å². The Kier molecular flexibility index (Phi) is 29.4. The van der Waals surface area contributed by atoms with Crippen molar-refractivity contribution in [2.75, 3.05) is 13.2 Å². The van der Waals surface area contributed by atoms with Gasteiger partial charge >= 0.3 is 0 Å². The molecule has 0 heterocycles. The molecule has 0 spiro atoms. The summed E-state index contributed by atoms with van der Waals surface area (Å²) in [6.45, 7) is 7.50. The van der Waals surface area contributed by atoms with Crippen LogP contribution >= 0.6 is 0 Å². The van der Waals surface area contributed by atoms with Crippen LogP contribution in [-0.4, -0.2) is 23.4 Å². The van der Waals surface area contributed by atoms with E-state index in [-0.39, 0.29) is 0 Å². The minimum absolute atomic E-state index is 0.367. The molecule has 0 fully saturated rings. The largest absolute Gasteiger partial charge is 0.396 e. The first kappa shape index (κ1) is 28.1. The quantitative estimate of drug-likeness (QED) is 0.228. The Morgan fingerprint density at radius 1 is 0.462 bits per heavy atom. The van der Waals surface area contributed by atoms with Crippen molar-refractivity contribution in [3.63, 3.8) is 0 Å². The number of rotatable bonds is 19. The third-order valence-electron chi connectivity index (χ3n) is 5.20. The topological polar surface area (TPSA) is 40.5 Å². The Bertz CT molecular complexity index is 212. The second-order valence-electron chi connectivity index (χ2n) is 7.95. The van der Waals surface area contributed by atoms with E-state index in [0.717, 1.165) is 6.42 Å². The molecule has 2 N–H and O–H groups in total. The van der Waals surface area contributed by atoms with Gasteiger partial charge in [0.25, 0.3) is 0 Å². The number of hydrogen-bond acceptors (Lipinski definition) is 2. The predicted octanol–water partition coefficient (Wildman–Crippen LogP) is 7.66. The molecule has 0 aliphatic heterocycles.